The van der Waals surface area contributed by atoms with Crippen molar-refractivity contribution in [1.82, 2.24) is 0 Å². The Balaban J connectivity index is 1.06. The molecule has 3 heteroatoms. The molecule has 3 nitrogen and oxygen atoms in total. The third kappa shape index (κ3) is 3.86. The summed E-state index contributed by atoms with van der Waals surface area (Å²) < 4.78 is 13.3. The minimum absolute atomic E-state index is 0.398. The van der Waals surface area contributed by atoms with E-state index in [1.165, 1.54) is 66.9 Å². The number of hydrogen-bond acceptors (Lipinski definition) is 3. The highest BCUT2D eigenvalue weighted by Gasteiger charge is 2.49. The van der Waals surface area contributed by atoms with Crippen molar-refractivity contribution in [3.05, 3.63) is 233 Å². The molecule has 60 heavy (non-hydrogen) atoms. The second-order valence-corrected chi connectivity index (χ2v) is 16.9. The number of fused-ring (bicyclic) bond motifs is 14. The maximum atomic E-state index is 6.94. The highest BCUT2D eigenvalue weighted by molar-refractivity contribution is 6.11. The highest BCUT2D eigenvalue weighted by Crippen LogP contribution is 2.63. The van der Waals surface area contributed by atoms with E-state index in [2.05, 4.69) is 194 Å². The van der Waals surface area contributed by atoms with E-state index in [0.29, 0.717) is 0 Å². The maximum absolute atomic E-state index is 6.94. The van der Waals surface area contributed by atoms with Crippen LogP contribution < -0.4 is 4.90 Å². The smallest absolute Gasteiger partial charge is 0.137 e. The molecule has 0 radical (unpaired) electrons. The van der Waals surface area contributed by atoms with E-state index in [4.69, 9.17) is 8.83 Å². The van der Waals surface area contributed by atoms with Gasteiger partial charge in [0, 0.05) is 38.7 Å². The van der Waals surface area contributed by atoms with Gasteiger partial charge in [-0.3, -0.25) is 0 Å². The van der Waals surface area contributed by atoms with E-state index >= 15 is 0 Å². The molecule has 14 rings (SSSR count). The fourth-order valence-electron chi connectivity index (χ4n) is 11.6. The van der Waals surface area contributed by atoms with Gasteiger partial charge in [-0.1, -0.05) is 140 Å². The number of para-hydroxylation sites is 1. The Morgan fingerprint density at radius 2 is 0.950 bits per heavy atom. The summed E-state index contributed by atoms with van der Waals surface area (Å²) in [6.07, 6.45) is 0. The molecule has 0 amide bonds. The molecule has 0 saturated heterocycles. The van der Waals surface area contributed by atoms with Crippen molar-refractivity contribution in [2.24, 2.45) is 0 Å². The van der Waals surface area contributed by atoms with Crippen LogP contribution in [0.3, 0.4) is 0 Å². The zero-order valence-electron chi connectivity index (χ0n) is 32.7. The molecule has 3 aliphatic rings. The fraction of sp³-hybridized carbons (Fsp3) is 0.0526. The average Bonchev–Trinajstić information content (AvgIpc) is 4.02. The molecule has 0 fully saturated rings. The summed E-state index contributed by atoms with van der Waals surface area (Å²) in [7, 11) is 0. The van der Waals surface area contributed by atoms with Gasteiger partial charge in [0.2, 0.25) is 0 Å². The van der Waals surface area contributed by atoms with E-state index in [1.807, 2.05) is 12.1 Å². The normalized spacial score (nSPS) is 16.6. The summed E-state index contributed by atoms with van der Waals surface area (Å²) in [5.41, 5.74) is 20.2. The van der Waals surface area contributed by atoms with Gasteiger partial charge in [-0.15, -0.1) is 0 Å². The van der Waals surface area contributed by atoms with Crippen molar-refractivity contribution in [3.63, 3.8) is 0 Å². The van der Waals surface area contributed by atoms with Gasteiger partial charge in [0.25, 0.3) is 0 Å². The summed E-state index contributed by atoms with van der Waals surface area (Å²) in [4.78, 5) is 2.46. The molecule has 1 unspecified atom stereocenters. The molecule has 0 bridgehead atoms. The Morgan fingerprint density at radius 1 is 0.367 bits per heavy atom. The predicted octanol–water partition coefficient (Wildman–Crippen LogP) is 15.0. The Hall–Kier alpha value is -7.62. The minimum Gasteiger partial charge on any atom is -0.456 e. The number of anilines is 3. The van der Waals surface area contributed by atoms with Gasteiger partial charge >= 0.3 is 0 Å². The van der Waals surface area contributed by atoms with Gasteiger partial charge in [-0.2, -0.15) is 0 Å². The van der Waals surface area contributed by atoms with Crippen LogP contribution in [0, 0.1) is 0 Å². The Morgan fingerprint density at radius 3 is 1.73 bits per heavy atom. The largest absolute Gasteiger partial charge is 0.456 e. The van der Waals surface area contributed by atoms with Crippen LogP contribution in [0.15, 0.2) is 203 Å². The molecule has 9 aromatic carbocycles. The van der Waals surface area contributed by atoms with Crippen molar-refractivity contribution >= 4 is 60.9 Å². The lowest BCUT2D eigenvalue weighted by molar-refractivity contribution is 0.665. The van der Waals surface area contributed by atoms with E-state index in [1.54, 1.807) is 0 Å². The zero-order chi connectivity index (χ0) is 39.3. The molecule has 2 aromatic heterocycles. The van der Waals surface area contributed by atoms with E-state index in [9.17, 15) is 0 Å². The number of nitrogens with zero attached hydrogens (tertiary/aromatic N) is 1. The number of hydrogen-bond donors (Lipinski definition) is 0. The van der Waals surface area contributed by atoms with Gasteiger partial charge in [-0.25, -0.2) is 0 Å². The first-order valence-electron chi connectivity index (χ1n) is 20.8. The SMILES string of the molecule is CC12c3ccccc3-c3cccc(c31)N(c1ccc3oc4ccccc4c3c1)c1cc3oc4ccc(C5(c6ccccc6)c6ccccc6-c6ccccc65)cc4c3cc12. The molecule has 0 spiro atoms. The average molecular weight is 766 g/mol. The van der Waals surface area contributed by atoms with Crippen molar-refractivity contribution in [3.8, 4) is 22.3 Å². The number of benzene rings is 9. The molecule has 1 atom stereocenters. The first-order valence-corrected chi connectivity index (χ1v) is 20.8. The lowest BCUT2D eigenvalue weighted by Crippen LogP contribution is -2.32. The van der Waals surface area contributed by atoms with Crippen molar-refractivity contribution < 1.29 is 8.83 Å². The van der Waals surface area contributed by atoms with Crippen molar-refractivity contribution in [2.75, 3.05) is 4.90 Å². The van der Waals surface area contributed by atoms with Gasteiger partial charge in [0.1, 0.15) is 22.3 Å². The van der Waals surface area contributed by atoms with Crippen LogP contribution in [0.2, 0.25) is 0 Å². The van der Waals surface area contributed by atoms with Gasteiger partial charge in [0.05, 0.1) is 16.8 Å². The summed E-state index contributed by atoms with van der Waals surface area (Å²) in [6.45, 7) is 2.43. The van der Waals surface area contributed by atoms with Crippen LogP contribution in [-0.2, 0) is 10.8 Å². The van der Waals surface area contributed by atoms with Crippen LogP contribution in [-0.4, -0.2) is 0 Å². The van der Waals surface area contributed by atoms with Crippen LogP contribution >= 0.6 is 0 Å². The fourth-order valence-corrected chi connectivity index (χ4v) is 11.6. The Bertz CT molecular complexity index is 3600. The van der Waals surface area contributed by atoms with E-state index in [0.717, 1.165) is 55.3 Å². The lowest BCUT2D eigenvalue weighted by atomic mass is 9.67. The lowest BCUT2D eigenvalue weighted by Gasteiger charge is -2.42. The van der Waals surface area contributed by atoms with Crippen LogP contribution in [0.25, 0.3) is 66.1 Å². The number of rotatable bonds is 3. The van der Waals surface area contributed by atoms with Crippen LogP contribution in [0.1, 0.15) is 45.9 Å². The molecule has 0 saturated carbocycles. The summed E-state index contributed by atoms with van der Waals surface area (Å²) in [5.74, 6) is 0. The molecule has 1 aliphatic heterocycles. The monoisotopic (exact) mass is 765 g/mol. The Labute approximate surface area is 346 Å². The highest BCUT2D eigenvalue weighted by atomic mass is 16.3. The molecule has 280 valence electrons. The van der Waals surface area contributed by atoms with Gasteiger partial charge < -0.3 is 13.7 Å². The summed E-state index contributed by atoms with van der Waals surface area (Å²) in [5, 5.41) is 4.46. The van der Waals surface area contributed by atoms with Crippen LogP contribution in [0.5, 0.6) is 0 Å². The maximum Gasteiger partial charge on any atom is 0.137 e. The third-order valence-corrected chi connectivity index (χ3v) is 14.1. The van der Waals surface area contributed by atoms with Crippen molar-refractivity contribution in [2.45, 2.75) is 17.8 Å². The number of furan rings is 2. The van der Waals surface area contributed by atoms with Crippen LogP contribution in [0.4, 0.5) is 17.1 Å². The van der Waals surface area contributed by atoms with Crippen molar-refractivity contribution in [1.29, 1.82) is 0 Å². The molecule has 3 heterocycles. The van der Waals surface area contributed by atoms with Gasteiger partial charge in [0.15, 0.2) is 0 Å². The first kappa shape index (κ1) is 32.3. The standard InChI is InChI=1S/C57H35NO2/c1-56-45-21-9-5-18-39(45)41-20-13-24-49(55(41)56)58(36-27-29-53-43(31-36)40-19-8-12-25-51(40)59-53)50-33-54-44(32-48(50)56)42-30-35(26-28-52(42)60-54)57(34-14-3-2-4-15-34)46-22-10-6-16-37(46)38-17-7-11-23-47(38)57/h2-33H,1H3. The van der Waals surface area contributed by atoms with E-state index in [-0.39, 0.29) is 0 Å². The quantitative estimate of drug-likeness (QED) is 0.179. The minimum atomic E-state index is -0.503. The predicted molar refractivity (Wildman–Crippen MR) is 244 cm³/mol. The molecule has 2 aliphatic carbocycles. The van der Waals surface area contributed by atoms with Gasteiger partial charge in [-0.05, 0) is 117 Å². The van der Waals surface area contributed by atoms with E-state index < -0.39 is 10.8 Å². The molecular formula is C57H35NO2. The topological polar surface area (TPSA) is 29.5 Å². The zero-order valence-corrected chi connectivity index (χ0v) is 32.7. The second kappa shape index (κ2) is 11.3. The second-order valence-electron chi connectivity index (χ2n) is 16.9. The molecule has 0 N–H and O–H groups in total. The first-order chi connectivity index (χ1) is 29.6. The third-order valence-electron chi connectivity index (χ3n) is 14.1. The summed E-state index contributed by atoms with van der Waals surface area (Å²) in [6, 6.07) is 71.3. The molecular weight excluding hydrogens is 731 g/mol. The molecule has 11 aromatic rings. The summed E-state index contributed by atoms with van der Waals surface area (Å²) >= 11 is 0. The Kier molecular flexibility index (Phi) is 6.10.